The third-order valence-electron chi connectivity index (χ3n) is 4.26. The average Bonchev–Trinajstić information content (AvgIpc) is 3.06. The smallest absolute Gasteiger partial charge is 0.253 e. The van der Waals surface area contributed by atoms with Gasteiger partial charge in [-0.1, -0.05) is 19.1 Å². The molecule has 1 N–H and O–H groups in total. The van der Waals surface area contributed by atoms with Gasteiger partial charge in [-0.15, -0.1) is 0 Å². The van der Waals surface area contributed by atoms with E-state index in [2.05, 4.69) is 29.5 Å². The molecule has 1 aromatic heterocycles. The highest BCUT2D eigenvalue weighted by molar-refractivity contribution is 7.98. The lowest BCUT2D eigenvalue weighted by molar-refractivity contribution is 0.0703. The summed E-state index contributed by atoms with van der Waals surface area (Å²) < 4.78 is 1.80. The van der Waals surface area contributed by atoms with Crippen LogP contribution in [0.25, 0.3) is 0 Å². The molecule has 0 aliphatic carbocycles. The minimum Gasteiger partial charge on any atom is -0.335 e. The lowest BCUT2D eigenvalue weighted by Gasteiger charge is -2.33. The van der Waals surface area contributed by atoms with Crippen LogP contribution in [0.1, 0.15) is 34.5 Å². The number of benzene rings is 1. The van der Waals surface area contributed by atoms with E-state index in [0.717, 1.165) is 35.7 Å². The number of nitrogens with one attached hydrogen (secondary N) is 1. The minimum atomic E-state index is 0.111. The highest BCUT2D eigenvalue weighted by Gasteiger charge is 2.25. The molecule has 24 heavy (non-hydrogen) atoms. The van der Waals surface area contributed by atoms with E-state index in [1.807, 2.05) is 48.2 Å². The van der Waals surface area contributed by atoms with Crippen LogP contribution in [-0.4, -0.2) is 46.0 Å². The SMILES string of the molecule is CCSCc1ccc(C(=O)N2CCN[C@@H](c3cnn(C)c3)C2)cc1. The molecule has 6 heteroatoms. The molecule has 128 valence electrons. The Morgan fingerprint density at radius 3 is 2.83 bits per heavy atom. The zero-order valence-corrected chi connectivity index (χ0v) is 15.1. The fourth-order valence-corrected chi connectivity index (χ4v) is 3.56. The lowest BCUT2D eigenvalue weighted by Crippen LogP contribution is -2.48. The molecule has 1 aromatic carbocycles. The van der Waals surface area contributed by atoms with Crippen LogP contribution in [0.15, 0.2) is 36.7 Å². The Balaban J connectivity index is 1.65. The summed E-state index contributed by atoms with van der Waals surface area (Å²) in [6.45, 7) is 4.38. The highest BCUT2D eigenvalue weighted by atomic mass is 32.2. The van der Waals surface area contributed by atoms with Crippen molar-refractivity contribution < 1.29 is 4.79 Å². The maximum atomic E-state index is 12.8. The maximum Gasteiger partial charge on any atom is 0.253 e. The van der Waals surface area contributed by atoms with Crippen LogP contribution < -0.4 is 5.32 Å². The van der Waals surface area contributed by atoms with Crippen molar-refractivity contribution in [1.82, 2.24) is 20.0 Å². The molecule has 0 unspecified atom stereocenters. The van der Waals surface area contributed by atoms with Crippen molar-refractivity contribution in [3.63, 3.8) is 0 Å². The highest BCUT2D eigenvalue weighted by Crippen LogP contribution is 2.19. The quantitative estimate of drug-likeness (QED) is 0.905. The number of carbonyl (C=O) groups excluding carboxylic acids is 1. The summed E-state index contributed by atoms with van der Waals surface area (Å²) in [5, 5.41) is 7.69. The van der Waals surface area contributed by atoms with Crippen LogP contribution in [0.4, 0.5) is 0 Å². The zero-order chi connectivity index (χ0) is 16.9. The summed E-state index contributed by atoms with van der Waals surface area (Å²) in [5.74, 6) is 2.22. The Kier molecular flexibility index (Phi) is 5.58. The number of aromatic nitrogens is 2. The first-order valence-electron chi connectivity index (χ1n) is 8.35. The Hall–Kier alpha value is -1.79. The third-order valence-corrected chi connectivity index (χ3v) is 5.21. The van der Waals surface area contributed by atoms with E-state index >= 15 is 0 Å². The van der Waals surface area contributed by atoms with E-state index in [9.17, 15) is 4.79 Å². The van der Waals surface area contributed by atoms with E-state index in [4.69, 9.17) is 0 Å². The van der Waals surface area contributed by atoms with Gasteiger partial charge in [0, 0.05) is 49.8 Å². The molecule has 1 aliphatic rings. The summed E-state index contributed by atoms with van der Waals surface area (Å²) in [7, 11) is 1.91. The number of hydrogen-bond donors (Lipinski definition) is 1. The molecule has 0 saturated carbocycles. The second-order valence-electron chi connectivity index (χ2n) is 6.04. The minimum absolute atomic E-state index is 0.111. The van der Waals surface area contributed by atoms with E-state index < -0.39 is 0 Å². The fourth-order valence-electron chi connectivity index (χ4n) is 2.92. The van der Waals surface area contributed by atoms with Crippen LogP contribution in [0.2, 0.25) is 0 Å². The lowest BCUT2D eigenvalue weighted by atomic mass is 10.1. The first-order chi connectivity index (χ1) is 11.7. The summed E-state index contributed by atoms with van der Waals surface area (Å²) in [4.78, 5) is 14.7. The Morgan fingerprint density at radius 1 is 1.38 bits per heavy atom. The summed E-state index contributed by atoms with van der Waals surface area (Å²) >= 11 is 1.89. The van der Waals surface area contributed by atoms with Crippen molar-refractivity contribution in [3.05, 3.63) is 53.3 Å². The Labute approximate surface area is 147 Å². The van der Waals surface area contributed by atoms with Crippen molar-refractivity contribution in [2.75, 3.05) is 25.4 Å². The Morgan fingerprint density at radius 2 is 2.17 bits per heavy atom. The predicted octanol–water partition coefficient (Wildman–Crippen LogP) is 2.46. The van der Waals surface area contributed by atoms with Crippen molar-refractivity contribution >= 4 is 17.7 Å². The topological polar surface area (TPSA) is 50.2 Å². The van der Waals surface area contributed by atoms with Gasteiger partial charge in [-0.2, -0.15) is 16.9 Å². The molecule has 0 radical (unpaired) electrons. The number of carbonyl (C=O) groups is 1. The number of hydrogen-bond acceptors (Lipinski definition) is 4. The molecule has 1 amide bonds. The van der Waals surface area contributed by atoms with Crippen molar-refractivity contribution in [3.8, 4) is 0 Å². The first kappa shape index (κ1) is 17.0. The Bertz CT molecular complexity index is 683. The van der Waals surface area contributed by atoms with Gasteiger partial charge in [0.2, 0.25) is 0 Å². The van der Waals surface area contributed by atoms with E-state index in [1.54, 1.807) is 4.68 Å². The molecule has 3 rings (SSSR count). The molecule has 2 aromatic rings. The molecular weight excluding hydrogens is 320 g/mol. The second kappa shape index (κ2) is 7.85. The summed E-state index contributed by atoms with van der Waals surface area (Å²) in [5.41, 5.74) is 3.17. The zero-order valence-electron chi connectivity index (χ0n) is 14.2. The van der Waals surface area contributed by atoms with Gasteiger partial charge < -0.3 is 10.2 Å². The van der Waals surface area contributed by atoms with E-state index in [0.29, 0.717) is 6.54 Å². The molecule has 2 heterocycles. The van der Waals surface area contributed by atoms with Crippen LogP contribution in [0, 0.1) is 0 Å². The normalized spacial score (nSPS) is 17.9. The van der Waals surface area contributed by atoms with Crippen molar-refractivity contribution in [1.29, 1.82) is 0 Å². The van der Waals surface area contributed by atoms with Gasteiger partial charge in [-0.05, 0) is 23.4 Å². The summed E-state index contributed by atoms with van der Waals surface area (Å²) in [6, 6.07) is 8.19. The number of aryl methyl sites for hydroxylation is 1. The van der Waals surface area contributed by atoms with Gasteiger partial charge in [0.05, 0.1) is 12.2 Å². The predicted molar refractivity (Wildman–Crippen MR) is 98.1 cm³/mol. The molecule has 5 nitrogen and oxygen atoms in total. The standard InChI is InChI=1S/C18H24N4OS/c1-3-24-13-14-4-6-15(7-5-14)18(23)22-9-8-19-17(12-22)16-10-20-21(2)11-16/h4-7,10-11,17,19H,3,8-9,12-13H2,1-2H3/t17-/m1/s1. The van der Waals surface area contributed by atoms with Gasteiger partial charge >= 0.3 is 0 Å². The van der Waals surface area contributed by atoms with Gasteiger partial charge in [0.15, 0.2) is 0 Å². The largest absolute Gasteiger partial charge is 0.335 e. The third kappa shape index (κ3) is 3.99. The van der Waals surface area contributed by atoms with Gasteiger partial charge in [-0.25, -0.2) is 0 Å². The van der Waals surface area contributed by atoms with E-state index in [-0.39, 0.29) is 11.9 Å². The molecule has 1 atom stereocenters. The maximum absolute atomic E-state index is 12.8. The molecule has 1 fully saturated rings. The average molecular weight is 344 g/mol. The monoisotopic (exact) mass is 344 g/mol. The van der Waals surface area contributed by atoms with Crippen LogP contribution in [0.3, 0.4) is 0 Å². The second-order valence-corrected chi connectivity index (χ2v) is 7.31. The molecular formula is C18H24N4OS. The molecule has 0 bridgehead atoms. The summed E-state index contributed by atoms with van der Waals surface area (Å²) in [6.07, 6.45) is 3.87. The number of amides is 1. The molecule has 1 saturated heterocycles. The fraction of sp³-hybridized carbons (Fsp3) is 0.444. The number of nitrogens with zero attached hydrogens (tertiary/aromatic N) is 3. The van der Waals surface area contributed by atoms with Crippen LogP contribution in [-0.2, 0) is 12.8 Å². The van der Waals surface area contributed by atoms with Gasteiger partial charge in [0.25, 0.3) is 5.91 Å². The van der Waals surface area contributed by atoms with Crippen LogP contribution in [0.5, 0.6) is 0 Å². The van der Waals surface area contributed by atoms with Gasteiger partial charge in [-0.3, -0.25) is 9.48 Å². The number of rotatable bonds is 5. The van der Waals surface area contributed by atoms with Crippen molar-refractivity contribution in [2.45, 2.75) is 18.7 Å². The molecule has 1 aliphatic heterocycles. The van der Waals surface area contributed by atoms with Crippen LogP contribution >= 0.6 is 11.8 Å². The van der Waals surface area contributed by atoms with E-state index in [1.165, 1.54) is 5.56 Å². The first-order valence-corrected chi connectivity index (χ1v) is 9.50. The van der Waals surface area contributed by atoms with Crippen molar-refractivity contribution in [2.24, 2.45) is 7.05 Å². The number of piperazine rings is 1. The van der Waals surface area contributed by atoms with Gasteiger partial charge in [0.1, 0.15) is 0 Å². The number of thioether (sulfide) groups is 1. The molecule has 0 spiro atoms.